The summed E-state index contributed by atoms with van der Waals surface area (Å²) in [7, 11) is 0. The summed E-state index contributed by atoms with van der Waals surface area (Å²) < 4.78 is 6.01. The summed E-state index contributed by atoms with van der Waals surface area (Å²) in [6, 6.07) is 6.70. The molecule has 1 heterocycles. The molecule has 0 bridgehead atoms. The van der Waals surface area contributed by atoms with Crippen LogP contribution in [-0.4, -0.2) is 6.61 Å². The molecule has 1 aromatic rings. The van der Waals surface area contributed by atoms with Crippen molar-refractivity contribution < 1.29 is 4.74 Å². The number of benzene rings is 1. The van der Waals surface area contributed by atoms with E-state index in [4.69, 9.17) is 4.74 Å². The van der Waals surface area contributed by atoms with E-state index in [2.05, 4.69) is 39.0 Å². The summed E-state index contributed by atoms with van der Waals surface area (Å²) in [5.74, 6) is 1.19. The molecule has 86 valence electrons. The fraction of sp³-hybridized carbons (Fsp3) is 0.600. The maximum atomic E-state index is 6.01. The highest BCUT2D eigenvalue weighted by Gasteiger charge is 2.46. The summed E-state index contributed by atoms with van der Waals surface area (Å²) in [4.78, 5) is 0. The van der Waals surface area contributed by atoms with Crippen LogP contribution in [0.4, 0.5) is 0 Å². The second kappa shape index (κ2) is 3.03. The highest BCUT2D eigenvalue weighted by molar-refractivity contribution is 5.52. The van der Waals surface area contributed by atoms with Crippen LogP contribution in [0.2, 0.25) is 0 Å². The molecular weight excluding hydrogens is 196 g/mol. The van der Waals surface area contributed by atoms with E-state index in [9.17, 15) is 0 Å². The first kappa shape index (κ1) is 10.2. The minimum atomic E-state index is 0.181. The Morgan fingerprint density at radius 3 is 2.50 bits per heavy atom. The Kier molecular flexibility index (Phi) is 1.93. The van der Waals surface area contributed by atoms with Gasteiger partial charge in [0.05, 0.1) is 6.61 Å². The molecule has 1 spiro atoms. The van der Waals surface area contributed by atoms with Gasteiger partial charge in [-0.25, -0.2) is 0 Å². The molecule has 0 aromatic heterocycles. The number of hydrogen-bond donors (Lipinski definition) is 0. The SMILES string of the molecule is CC(C)(C)c1cccc2c1OCC21CCC1. The van der Waals surface area contributed by atoms with E-state index in [1.807, 2.05) is 0 Å². The van der Waals surface area contributed by atoms with Gasteiger partial charge < -0.3 is 4.74 Å². The van der Waals surface area contributed by atoms with Crippen molar-refractivity contribution in [1.29, 1.82) is 0 Å². The smallest absolute Gasteiger partial charge is 0.126 e. The third-order valence-corrected chi connectivity index (χ3v) is 4.20. The number of hydrogen-bond acceptors (Lipinski definition) is 1. The molecule has 1 heteroatoms. The van der Waals surface area contributed by atoms with Crippen LogP contribution in [0, 0.1) is 0 Å². The summed E-state index contributed by atoms with van der Waals surface area (Å²) in [6.45, 7) is 7.70. The standard InChI is InChI=1S/C15H20O/c1-14(2,3)11-6-4-7-12-13(11)16-10-15(12)8-5-9-15/h4,6-7H,5,8-10H2,1-3H3. The number of rotatable bonds is 0. The number of ether oxygens (including phenoxy) is 1. The van der Waals surface area contributed by atoms with Crippen LogP contribution in [0.1, 0.15) is 51.2 Å². The molecule has 16 heavy (non-hydrogen) atoms. The molecule has 2 aliphatic rings. The second-order valence-electron chi connectivity index (χ2n) is 6.35. The second-order valence-corrected chi connectivity index (χ2v) is 6.35. The van der Waals surface area contributed by atoms with E-state index < -0.39 is 0 Å². The van der Waals surface area contributed by atoms with Crippen LogP contribution < -0.4 is 4.74 Å². The van der Waals surface area contributed by atoms with Gasteiger partial charge in [-0.05, 0) is 23.8 Å². The lowest BCUT2D eigenvalue weighted by Gasteiger charge is -2.37. The quantitative estimate of drug-likeness (QED) is 0.641. The zero-order chi connectivity index (χ0) is 11.4. The molecule has 0 unspecified atom stereocenters. The fourth-order valence-electron chi connectivity index (χ4n) is 3.01. The molecule has 0 saturated heterocycles. The molecule has 1 fully saturated rings. The fourth-order valence-corrected chi connectivity index (χ4v) is 3.01. The van der Waals surface area contributed by atoms with Crippen molar-refractivity contribution >= 4 is 0 Å². The number of fused-ring (bicyclic) bond motifs is 2. The normalized spacial score (nSPS) is 21.4. The van der Waals surface area contributed by atoms with Crippen LogP contribution in [0.25, 0.3) is 0 Å². The van der Waals surface area contributed by atoms with Gasteiger partial charge in [-0.3, -0.25) is 0 Å². The van der Waals surface area contributed by atoms with Crippen LogP contribution >= 0.6 is 0 Å². The van der Waals surface area contributed by atoms with Crippen LogP contribution in [0.15, 0.2) is 18.2 Å². The monoisotopic (exact) mass is 216 g/mol. The van der Waals surface area contributed by atoms with Crippen LogP contribution in [0.5, 0.6) is 5.75 Å². The zero-order valence-electron chi connectivity index (χ0n) is 10.5. The van der Waals surface area contributed by atoms with E-state index >= 15 is 0 Å². The lowest BCUT2D eigenvalue weighted by molar-refractivity contribution is 0.177. The van der Waals surface area contributed by atoms with E-state index in [0.29, 0.717) is 5.41 Å². The average molecular weight is 216 g/mol. The van der Waals surface area contributed by atoms with E-state index in [1.165, 1.54) is 36.1 Å². The Hall–Kier alpha value is -0.980. The van der Waals surface area contributed by atoms with Gasteiger partial charge in [0.2, 0.25) is 0 Å². The first-order valence-electron chi connectivity index (χ1n) is 6.30. The van der Waals surface area contributed by atoms with Crippen LogP contribution in [-0.2, 0) is 10.8 Å². The minimum Gasteiger partial charge on any atom is -0.492 e. The van der Waals surface area contributed by atoms with Gasteiger partial charge in [-0.15, -0.1) is 0 Å². The molecule has 0 radical (unpaired) electrons. The van der Waals surface area contributed by atoms with Gasteiger partial charge >= 0.3 is 0 Å². The predicted molar refractivity (Wildman–Crippen MR) is 66.2 cm³/mol. The number of para-hydroxylation sites is 1. The average Bonchev–Trinajstić information content (AvgIpc) is 2.53. The molecule has 0 amide bonds. The maximum absolute atomic E-state index is 6.01. The zero-order valence-corrected chi connectivity index (χ0v) is 10.5. The Bertz CT molecular complexity index is 422. The van der Waals surface area contributed by atoms with E-state index in [-0.39, 0.29) is 5.41 Å². The molecule has 1 nitrogen and oxygen atoms in total. The van der Waals surface area contributed by atoms with E-state index in [1.54, 1.807) is 0 Å². The maximum Gasteiger partial charge on any atom is 0.126 e. The van der Waals surface area contributed by atoms with Crippen LogP contribution in [0.3, 0.4) is 0 Å². The molecule has 0 atom stereocenters. The summed E-state index contributed by atoms with van der Waals surface area (Å²) in [5, 5.41) is 0. The van der Waals surface area contributed by atoms with Crippen molar-refractivity contribution in [2.75, 3.05) is 6.61 Å². The summed E-state index contributed by atoms with van der Waals surface area (Å²) >= 11 is 0. The third-order valence-electron chi connectivity index (χ3n) is 4.20. The summed E-state index contributed by atoms with van der Waals surface area (Å²) in [6.07, 6.45) is 3.99. The van der Waals surface area contributed by atoms with Gasteiger partial charge in [-0.1, -0.05) is 45.4 Å². The van der Waals surface area contributed by atoms with Crippen molar-refractivity contribution in [3.63, 3.8) is 0 Å². The van der Waals surface area contributed by atoms with E-state index in [0.717, 1.165) is 6.61 Å². The Balaban J connectivity index is 2.13. The first-order chi connectivity index (χ1) is 7.53. The highest BCUT2D eigenvalue weighted by atomic mass is 16.5. The molecule has 1 aliphatic heterocycles. The topological polar surface area (TPSA) is 9.23 Å². The van der Waals surface area contributed by atoms with Crippen molar-refractivity contribution in [2.24, 2.45) is 0 Å². The third kappa shape index (κ3) is 1.24. The molecule has 1 aromatic carbocycles. The molecule has 3 rings (SSSR count). The van der Waals surface area contributed by atoms with Crippen molar-refractivity contribution in [3.05, 3.63) is 29.3 Å². The summed E-state index contributed by atoms with van der Waals surface area (Å²) in [5.41, 5.74) is 3.41. The molecule has 1 aliphatic carbocycles. The van der Waals surface area contributed by atoms with Gasteiger partial charge in [0.25, 0.3) is 0 Å². The van der Waals surface area contributed by atoms with Gasteiger partial charge in [0.15, 0.2) is 0 Å². The van der Waals surface area contributed by atoms with Crippen molar-refractivity contribution in [3.8, 4) is 5.75 Å². The molecule has 1 saturated carbocycles. The lowest BCUT2D eigenvalue weighted by Crippen LogP contribution is -2.35. The first-order valence-corrected chi connectivity index (χ1v) is 6.30. The van der Waals surface area contributed by atoms with Crippen molar-refractivity contribution in [1.82, 2.24) is 0 Å². The minimum absolute atomic E-state index is 0.181. The van der Waals surface area contributed by atoms with Gasteiger partial charge in [-0.2, -0.15) is 0 Å². The largest absolute Gasteiger partial charge is 0.492 e. The predicted octanol–water partition coefficient (Wildman–Crippen LogP) is 3.80. The highest BCUT2D eigenvalue weighted by Crippen LogP contribution is 2.53. The van der Waals surface area contributed by atoms with Crippen molar-refractivity contribution in [2.45, 2.75) is 50.9 Å². The lowest BCUT2D eigenvalue weighted by atomic mass is 9.65. The molecular formula is C15H20O. The molecule has 0 N–H and O–H groups in total. The van der Waals surface area contributed by atoms with Gasteiger partial charge in [0.1, 0.15) is 5.75 Å². The Labute approximate surface area is 97.8 Å². The van der Waals surface area contributed by atoms with Gasteiger partial charge in [0, 0.05) is 11.0 Å². The Morgan fingerprint density at radius 2 is 1.94 bits per heavy atom. The Morgan fingerprint density at radius 1 is 1.19 bits per heavy atom.